The molecule has 0 atom stereocenters. The molecule has 0 aromatic carbocycles. The number of hydrogen-bond donors (Lipinski definition) is 0. The van der Waals surface area contributed by atoms with E-state index in [0.717, 1.165) is 0 Å². The Balaban J connectivity index is 0. The molecule has 0 aliphatic heterocycles. The average molecular weight is 237 g/mol. The predicted molar refractivity (Wildman–Crippen MR) is 61.4 cm³/mol. The molecule has 0 rings (SSSR count). The fraction of sp³-hybridized carbons (Fsp3) is 1.00. The molecule has 0 spiro atoms. The normalized spacial score (nSPS) is 9.50. The SMILES string of the molecule is CCCCCCCCCCC.[SeH2]. The zero-order valence-corrected chi connectivity index (χ0v) is 11.0. The Bertz CT molecular complexity index is 54.0. The minimum absolute atomic E-state index is 0. The van der Waals surface area contributed by atoms with Gasteiger partial charge < -0.3 is 0 Å². The van der Waals surface area contributed by atoms with Gasteiger partial charge in [0.05, 0.1) is 0 Å². The zero-order chi connectivity index (χ0) is 8.36. The topological polar surface area (TPSA) is 0 Å². The van der Waals surface area contributed by atoms with Gasteiger partial charge in [0.2, 0.25) is 0 Å². The van der Waals surface area contributed by atoms with E-state index in [1.165, 1.54) is 57.8 Å². The zero-order valence-electron chi connectivity index (χ0n) is 8.86. The predicted octanol–water partition coefficient (Wildman–Crippen LogP) is 3.62. The van der Waals surface area contributed by atoms with E-state index in [9.17, 15) is 0 Å². The van der Waals surface area contributed by atoms with E-state index >= 15 is 0 Å². The summed E-state index contributed by atoms with van der Waals surface area (Å²) in [5.74, 6) is 0. The van der Waals surface area contributed by atoms with Gasteiger partial charge in [-0.25, -0.2) is 0 Å². The molecule has 0 amide bonds. The van der Waals surface area contributed by atoms with Gasteiger partial charge in [0.25, 0.3) is 0 Å². The molecule has 0 radical (unpaired) electrons. The molecule has 1 heteroatoms. The van der Waals surface area contributed by atoms with Crippen LogP contribution in [0.3, 0.4) is 0 Å². The second-order valence-corrected chi connectivity index (χ2v) is 3.47. The number of hydrogen-bond acceptors (Lipinski definition) is 0. The summed E-state index contributed by atoms with van der Waals surface area (Å²) in [6, 6.07) is 0. The van der Waals surface area contributed by atoms with Crippen LogP contribution >= 0.6 is 0 Å². The Labute approximate surface area is 89.0 Å². The van der Waals surface area contributed by atoms with Gasteiger partial charge in [0.1, 0.15) is 0 Å². The molecule has 12 heavy (non-hydrogen) atoms. The van der Waals surface area contributed by atoms with Crippen LogP contribution in [-0.4, -0.2) is 17.1 Å². The van der Waals surface area contributed by atoms with Crippen LogP contribution in [0.5, 0.6) is 0 Å². The standard InChI is InChI=1S/C11H24.H2Se/c1-3-5-7-9-11-10-8-6-4-2;/h3-11H2,1-2H3;1H2. The van der Waals surface area contributed by atoms with E-state index in [-0.39, 0.29) is 17.1 Å². The van der Waals surface area contributed by atoms with Crippen molar-refractivity contribution in [3.05, 3.63) is 0 Å². The van der Waals surface area contributed by atoms with Gasteiger partial charge in [-0.3, -0.25) is 0 Å². The molecule has 0 aliphatic carbocycles. The van der Waals surface area contributed by atoms with Crippen LogP contribution in [0.15, 0.2) is 0 Å². The number of unbranched alkanes of at least 4 members (excludes halogenated alkanes) is 8. The van der Waals surface area contributed by atoms with Crippen LogP contribution in [0.2, 0.25) is 0 Å². The van der Waals surface area contributed by atoms with Crippen molar-refractivity contribution in [3.8, 4) is 0 Å². The minimum atomic E-state index is 0. The van der Waals surface area contributed by atoms with E-state index in [1.54, 1.807) is 0 Å². The Morgan fingerprint density at radius 1 is 0.500 bits per heavy atom. The fourth-order valence-corrected chi connectivity index (χ4v) is 1.38. The molecule has 0 saturated carbocycles. The van der Waals surface area contributed by atoms with Crippen LogP contribution in [0, 0.1) is 0 Å². The summed E-state index contributed by atoms with van der Waals surface area (Å²) in [5, 5.41) is 0. The van der Waals surface area contributed by atoms with Crippen LogP contribution in [0.4, 0.5) is 0 Å². The Morgan fingerprint density at radius 2 is 0.750 bits per heavy atom. The van der Waals surface area contributed by atoms with Gasteiger partial charge in [-0.15, -0.1) is 0 Å². The molecule has 0 unspecified atom stereocenters. The van der Waals surface area contributed by atoms with Crippen LogP contribution in [0.1, 0.15) is 71.6 Å². The summed E-state index contributed by atoms with van der Waals surface area (Å²) in [4.78, 5) is 0. The second-order valence-electron chi connectivity index (χ2n) is 3.47. The first-order chi connectivity index (χ1) is 5.41. The van der Waals surface area contributed by atoms with Crippen molar-refractivity contribution in [1.82, 2.24) is 0 Å². The van der Waals surface area contributed by atoms with E-state index in [4.69, 9.17) is 0 Å². The Morgan fingerprint density at radius 3 is 1.00 bits per heavy atom. The first-order valence-electron chi connectivity index (χ1n) is 5.41. The molecule has 0 aromatic heterocycles. The molecule has 0 bridgehead atoms. The molecule has 0 fully saturated rings. The van der Waals surface area contributed by atoms with Crippen LogP contribution < -0.4 is 0 Å². The molecule has 0 N–H and O–H groups in total. The second kappa shape index (κ2) is 14.1. The Hall–Kier alpha value is 0.519. The van der Waals surface area contributed by atoms with Gasteiger partial charge >= 0.3 is 17.1 Å². The van der Waals surface area contributed by atoms with Gasteiger partial charge in [0.15, 0.2) is 0 Å². The van der Waals surface area contributed by atoms with Crippen molar-refractivity contribution in [1.29, 1.82) is 0 Å². The molecule has 76 valence electrons. The van der Waals surface area contributed by atoms with Crippen molar-refractivity contribution in [2.75, 3.05) is 0 Å². The van der Waals surface area contributed by atoms with Crippen molar-refractivity contribution in [2.24, 2.45) is 0 Å². The van der Waals surface area contributed by atoms with E-state index in [0.29, 0.717) is 0 Å². The Kier molecular flexibility index (Phi) is 17.6. The van der Waals surface area contributed by atoms with Crippen molar-refractivity contribution in [3.63, 3.8) is 0 Å². The van der Waals surface area contributed by atoms with E-state index < -0.39 is 0 Å². The quantitative estimate of drug-likeness (QED) is 0.447. The van der Waals surface area contributed by atoms with Gasteiger partial charge in [-0.1, -0.05) is 71.6 Å². The number of rotatable bonds is 8. The summed E-state index contributed by atoms with van der Waals surface area (Å²) >= 11 is 0. The van der Waals surface area contributed by atoms with Crippen LogP contribution in [0.25, 0.3) is 0 Å². The summed E-state index contributed by atoms with van der Waals surface area (Å²) in [6.07, 6.45) is 13.0. The average Bonchev–Trinajstić information content (AvgIpc) is 2.03. The summed E-state index contributed by atoms with van der Waals surface area (Å²) in [6.45, 7) is 4.55. The van der Waals surface area contributed by atoms with E-state index in [1.807, 2.05) is 0 Å². The third-order valence-corrected chi connectivity index (χ3v) is 2.21. The third-order valence-electron chi connectivity index (χ3n) is 2.21. The van der Waals surface area contributed by atoms with Crippen molar-refractivity contribution < 1.29 is 0 Å². The van der Waals surface area contributed by atoms with Crippen molar-refractivity contribution in [2.45, 2.75) is 71.6 Å². The maximum absolute atomic E-state index is 2.27. The molecule has 0 heterocycles. The molecule has 0 nitrogen and oxygen atoms in total. The summed E-state index contributed by atoms with van der Waals surface area (Å²) < 4.78 is 0. The molecule has 0 saturated heterocycles. The monoisotopic (exact) mass is 238 g/mol. The molecular formula is C11H26Se. The first-order valence-corrected chi connectivity index (χ1v) is 5.41. The maximum atomic E-state index is 2.27. The molecule has 0 aromatic rings. The molecular weight excluding hydrogens is 211 g/mol. The van der Waals surface area contributed by atoms with Gasteiger partial charge in [-0.2, -0.15) is 0 Å². The molecule has 0 aliphatic rings. The third kappa shape index (κ3) is 13.1. The van der Waals surface area contributed by atoms with Gasteiger partial charge in [0, 0.05) is 0 Å². The fourth-order valence-electron chi connectivity index (χ4n) is 1.38. The van der Waals surface area contributed by atoms with Crippen molar-refractivity contribution >= 4 is 17.1 Å². The summed E-state index contributed by atoms with van der Waals surface area (Å²) in [5.41, 5.74) is 0. The summed E-state index contributed by atoms with van der Waals surface area (Å²) in [7, 11) is 0. The van der Waals surface area contributed by atoms with E-state index in [2.05, 4.69) is 13.8 Å². The van der Waals surface area contributed by atoms with Gasteiger partial charge in [-0.05, 0) is 0 Å². The first kappa shape index (κ1) is 15.0. The van der Waals surface area contributed by atoms with Crippen LogP contribution in [-0.2, 0) is 0 Å².